The Morgan fingerprint density at radius 2 is 1.92 bits per heavy atom. The zero-order valence-corrected chi connectivity index (χ0v) is 16.0. The predicted octanol–water partition coefficient (Wildman–Crippen LogP) is 4.25. The third-order valence-corrected chi connectivity index (χ3v) is 6.49. The normalized spacial score (nSPS) is 19.6. The highest BCUT2D eigenvalue weighted by Gasteiger charge is 2.29. The van der Waals surface area contributed by atoms with Crippen LogP contribution in [0.3, 0.4) is 0 Å². The summed E-state index contributed by atoms with van der Waals surface area (Å²) >= 11 is 1.44. The second-order valence-electron chi connectivity index (χ2n) is 7.62. The molecule has 3 N–H and O–H groups in total. The van der Waals surface area contributed by atoms with Gasteiger partial charge in [0.1, 0.15) is 0 Å². The molecule has 6 heteroatoms. The largest absolute Gasteiger partial charge is 0.492 e. The monoisotopic (exact) mass is 365 g/mol. The molecule has 140 valence electrons. The molecule has 1 atom stereocenters. The van der Waals surface area contributed by atoms with Crippen molar-refractivity contribution in [3.63, 3.8) is 0 Å². The van der Waals surface area contributed by atoms with Gasteiger partial charge in [0.25, 0.3) is 0 Å². The van der Waals surface area contributed by atoms with Crippen molar-refractivity contribution in [3.05, 3.63) is 4.88 Å². The molecule has 2 aliphatic rings. The van der Waals surface area contributed by atoms with E-state index < -0.39 is 0 Å². The maximum absolute atomic E-state index is 12.6. The second-order valence-corrected chi connectivity index (χ2v) is 8.65. The van der Waals surface area contributed by atoms with E-state index in [4.69, 9.17) is 0 Å². The smallest absolute Gasteiger partial charge is 0.228 e. The van der Waals surface area contributed by atoms with Crippen molar-refractivity contribution >= 4 is 22.4 Å². The van der Waals surface area contributed by atoms with Crippen LogP contribution in [0.15, 0.2) is 0 Å². The van der Waals surface area contributed by atoms with Gasteiger partial charge in [-0.1, -0.05) is 43.9 Å². The minimum atomic E-state index is -0.286. The number of amides is 1. The number of hydrogen-bond acceptors (Lipinski definition) is 5. The molecule has 1 heterocycles. The lowest BCUT2D eigenvalue weighted by Crippen LogP contribution is -2.30. The number of hydrogen-bond donors (Lipinski definition) is 3. The Hall–Kier alpha value is -1.30. The van der Waals surface area contributed by atoms with Crippen molar-refractivity contribution in [3.8, 4) is 5.88 Å². The fourth-order valence-electron chi connectivity index (χ4n) is 3.61. The van der Waals surface area contributed by atoms with Crippen LogP contribution in [-0.2, 0) is 4.79 Å². The lowest BCUT2D eigenvalue weighted by Gasteiger charge is -2.21. The zero-order chi connectivity index (χ0) is 17.6. The van der Waals surface area contributed by atoms with Gasteiger partial charge in [0.15, 0.2) is 5.13 Å². The third kappa shape index (κ3) is 5.33. The summed E-state index contributed by atoms with van der Waals surface area (Å²) in [5.74, 6) is 1.14. The lowest BCUT2D eigenvalue weighted by molar-refractivity contribution is -0.122. The van der Waals surface area contributed by atoms with E-state index in [1.807, 2.05) is 0 Å². The zero-order valence-electron chi connectivity index (χ0n) is 15.2. The molecule has 0 spiro atoms. The fourth-order valence-corrected chi connectivity index (χ4v) is 4.61. The molecule has 2 aliphatic carbocycles. The fraction of sp³-hybridized carbons (Fsp3) is 0.789. The SMILES string of the molecule is CCCC(C(=O)NCC1CC1)c1sc(NCC2CCCCC2)nc1O. The molecule has 0 aromatic carbocycles. The molecule has 2 saturated carbocycles. The van der Waals surface area contributed by atoms with Gasteiger partial charge in [-0.15, -0.1) is 0 Å². The summed E-state index contributed by atoms with van der Waals surface area (Å²) in [6.45, 7) is 3.76. The number of aromatic hydroxyl groups is 1. The molecule has 3 rings (SSSR count). The van der Waals surface area contributed by atoms with Crippen LogP contribution in [0.2, 0.25) is 0 Å². The van der Waals surface area contributed by atoms with Crippen molar-refractivity contribution in [2.45, 2.75) is 70.6 Å². The van der Waals surface area contributed by atoms with Crippen molar-refractivity contribution in [2.24, 2.45) is 11.8 Å². The molecule has 25 heavy (non-hydrogen) atoms. The Bertz CT molecular complexity index is 565. The highest BCUT2D eigenvalue weighted by Crippen LogP contribution is 2.37. The lowest BCUT2D eigenvalue weighted by atomic mass is 9.89. The maximum Gasteiger partial charge on any atom is 0.228 e. The first kappa shape index (κ1) is 18.5. The molecule has 1 aromatic rings. The van der Waals surface area contributed by atoms with Crippen LogP contribution in [-0.4, -0.2) is 29.1 Å². The molecule has 1 unspecified atom stereocenters. The highest BCUT2D eigenvalue weighted by molar-refractivity contribution is 7.16. The van der Waals surface area contributed by atoms with E-state index in [0.29, 0.717) is 16.7 Å². The molecule has 0 saturated heterocycles. The summed E-state index contributed by atoms with van der Waals surface area (Å²) in [6.07, 6.45) is 10.6. The van der Waals surface area contributed by atoms with E-state index in [1.165, 1.54) is 56.3 Å². The van der Waals surface area contributed by atoms with E-state index in [-0.39, 0.29) is 17.7 Å². The number of carbonyl (C=O) groups is 1. The van der Waals surface area contributed by atoms with Crippen molar-refractivity contribution < 1.29 is 9.90 Å². The first-order valence-corrected chi connectivity index (χ1v) is 10.7. The summed E-state index contributed by atoms with van der Waals surface area (Å²) in [5, 5.41) is 17.5. The number of nitrogens with zero attached hydrogens (tertiary/aromatic N) is 1. The van der Waals surface area contributed by atoms with Crippen LogP contribution in [0.1, 0.15) is 75.5 Å². The Morgan fingerprint density at radius 1 is 1.20 bits per heavy atom. The van der Waals surface area contributed by atoms with Crippen LogP contribution in [0.4, 0.5) is 5.13 Å². The van der Waals surface area contributed by atoms with Gasteiger partial charge < -0.3 is 15.7 Å². The number of carbonyl (C=O) groups excluding carboxylic acids is 1. The van der Waals surface area contributed by atoms with Gasteiger partial charge in [-0.3, -0.25) is 4.79 Å². The average molecular weight is 366 g/mol. The van der Waals surface area contributed by atoms with E-state index in [0.717, 1.165) is 31.1 Å². The summed E-state index contributed by atoms with van der Waals surface area (Å²) < 4.78 is 0. The first-order chi connectivity index (χ1) is 12.2. The van der Waals surface area contributed by atoms with Gasteiger partial charge >= 0.3 is 0 Å². The van der Waals surface area contributed by atoms with E-state index in [2.05, 4.69) is 22.5 Å². The minimum absolute atomic E-state index is 0.0242. The highest BCUT2D eigenvalue weighted by atomic mass is 32.1. The van der Waals surface area contributed by atoms with E-state index in [9.17, 15) is 9.90 Å². The molecule has 0 aliphatic heterocycles. The third-order valence-electron chi connectivity index (χ3n) is 5.37. The number of rotatable bonds is 9. The molecule has 1 aromatic heterocycles. The molecule has 1 amide bonds. The Kier molecular flexibility index (Phi) is 6.57. The van der Waals surface area contributed by atoms with Crippen LogP contribution >= 0.6 is 11.3 Å². The average Bonchev–Trinajstić information content (AvgIpc) is 3.39. The van der Waals surface area contributed by atoms with Gasteiger partial charge in [-0.25, -0.2) is 0 Å². The van der Waals surface area contributed by atoms with Gasteiger partial charge in [0.2, 0.25) is 11.8 Å². The number of nitrogens with one attached hydrogen (secondary N) is 2. The van der Waals surface area contributed by atoms with Crippen molar-refractivity contribution in [1.82, 2.24) is 10.3 Å². The van der Waals surface area contributed by atoms with Gasteiger partial charge in [0.05, 0.1) is 10.8 Å². The number of anilines is 1. The summed E-state index contributed by atoms with van der Waals surface area (Å²) in [7, 11) is 0. The van der Waals surface area contributed by atoms with Crippen molar-refractivity contribution in [2.75, 3.05) is 18.4 Å². The standard InChI is InChI=1S/C19H31N3O2S/c1-2-6-15(17(23)20-11-14-9-10-14)16-18(24)22-19(25-16)21-12-13-7-4-3-5-8-13/h13-15,24H,2-12H2,1H3,(H,20,23)(H,21,22). The van der Waals surface area contributed by atoms with Gasteiger partial charge in [-0.05, 0) is 43.9 Å². The number of thiazole rings is 1. The molecule has 2 fully saturated rings. The van der Waals surface area contributed by atoms with Crippen molar-refractivity contribution in [1.29, 1.82) is 0 Å². The Balaban J connectivity index is 1.59. The van der Waals surface area contributed by atoms with Gasteiger partial charge in [-0.2, -0.15) is 4.98 Å². The van der Waals surface area contributed by atoms with Crippen LogP contribution in [0.5, 0.6) is 5.88 Å². The molecular weight excluding hydrogens is 334 g/mol. The summed E-state index contributed by atoms with van der Waals surface area (Å²) in [4.78, 5) is 17.5. The second kappa shape index (κ2) is 8.88. The van der Waals surface area contributed by atoms with Crippen LogP contribution < -0.4 is 10.6 Å². The molecule has 5 nitrogen and oxygen atoms in total. The Labute approximate surface area is 154 Å². The topological polar surface area (TPSA) is 74.2 Å². The van der Waals surface area contributed by atoms with Crippen LogP contribution in [0, 0.1) is 11.8 Å². The van der Waals surface area contributed by atoms with Gasteiger partial charge in [0, 0.05) is 13.1 Å². The quantitative estimate of drug-likeness (QED) is 0.611. The first-order valence-electron chi connectivity index (χ1n) is 9.88. The number of aromatic nitrogens is 1. The molecular formula is C19H31N3O2S. The summed E-state index contributed by atoms with van der Waals surface area (Å²) in [6, 6.07) is 0. The summed E-state index contributed by atoms with van der Waals surface area (Å²) in [5.41, 5.74) is 0. The van der Waals surface area contributed by atoms with E-state index in [1.54, 1.807) is 0 Å². The van der Waals surface area contributed by atoms with Crippen LogP contribution in [0.25, 0.3) is 0 Å². The van der Waals surface area contributed by atoms with E-state index >= 15 is 0 Å². The molecule has 0 radical (unpaired) electrons. The molecule has 0 bridgehead atoms. The maximum atomic E-state index is 12.6. The minimum Gasteiger partial charge on any atom is -0.492 e. The Morgan fingerprint density at radius 3 is 2.60 bits per heavy atom. The predicted molar refractivity (Wildman–Crippen MR) is 102 cm³/mol.